The van der Waals surface area contributed by atoms with Gasteiger partial charge in [-0.25, -0.2) is 4.79 Å². The number of nitriles is 1. The average molecular weight is 629 g/mol. The minimum Gasteiger partial charge on any atom is -0.491 e. The van der Waals surface area contributed by atoms with E-state index < -0.39 is 71.0 Å². The van der Waals surface area contributed by atoms with E-state index >= 15 is 0 Å². The zero-order chi connectivity index (χ0) is 32.7. The van der Waals surface area contributed by atoms with Gasteiger partial charge >= 0.3 is 18.4 Å². The van der Waals surface area contributed by atoms with Crippen LogP contribution in [0.5, 0.6) is 5.75 Å². The van der Waals surface area contributed by atoms with Crippen molar-refractivity contribution in [3.8, 4) is 11.8 Å². The number of carbonyl (C=O) groups is 2. The van der Waals surface area contributed by atoms with E-state index in [0.717, 1.165) is 17.0 Å². The molecule has 238 valence electrons. The van der Waals surface area contributed by atoms with Crippen LogP contribution in [-0.2, 0) is 15.7 Å². The Bertz CT molecular complexity index is 1430. The molecule has 3 atom stereocenters. The number of hydrogen-bond acceptors (Lipinski definition) is 6. The molecule has 44 heavy (non-hydrogen) atoms. The van der Waals surface area contributed by atoms with Crippen LogP contribution in [0.1, 0.15) is 44.7 Å². The summed E-state index contributed by atoms with van der Waals surface area (Å²) in [6, 6.07) is 9.56. The second-order valence-electron chi connectivity index (χ2n) is 11.6. The smallest absolute Gasteiger partial charge is 0.433 e. The molecule has 4 rings (SSSR count). The minimum atomic E-state index is -4.95. The van der Waals surface area contributed by atoms with Gasteiger partial charge in [-0.15, -0.1) is 0 Å². The summed E-state index contributed by atoms with van der Waals surface area (Å²) < 4.78 is 92.4. The maximum atomic E-state index is 13.8. The highest BCUT2D eigenvalue weighted by Crippen LogP contribution is 2.45. The number of anilines is 2. The van der Waals surface area contributed by atoms with Gasteiger partial charge in [-0.1, -0.05) is 20.8 Å². The normalized spacial score (nSPS) is 22.5. The van der Waals surface area contributed by atoms with Crippen molar-refractivity contribution in [2.75, 3.05) is 29.9 Å². The summed E-state index contributed by atoms with van der Waals surface area (Å²) in [6.07, 6.45) is -14.0. The number of nitrogens with zero attached hydrogens (tertiary/aromatic N) is 3. The van der Waals surface area contributed by atoms with Gasteiger partial charge in [-0.3, -0.25) is 9.69 Å². The largest absolute Gasteiger partial charge is 0.491 e. The molecular formula is C29H30F6N4O5. The van der Waals surface area contributed by atoms with E-state index in [1.165, 1.54) is 30.3 Å². The van der Waals surface area contributed by atoms with Crippen molar-refractivity contribution in [3.63, 3.8) is 0 Å². The van der Waals surface area contributed by atoms with Crippen molar-refractivity contribution in [1.82, 2.24) is 4.90 Å². The molecule has 2 aromatic carbocycles. The highest BCUT2D eigenvalue weighted by molar-refractivity contribution is 6.01. The Kier molecular flexibility index (Phi) is 8.71. The molecule has 1 unspecified atom stereocenters. The standard InChI is InChI=1S/C29H30F6N4O5/c1-26(2,3)27(11-4-12-39(27)25(41)42)23(40)37-18-6-9-20(10-7-18)43-16-21-15-38(24(44-21)29(33,34)35)19-8-5-17(14-36)22(13-19)28(30,31)32/h5-10,13,21,24H,4,11-12,15-16H2,1-3H3,(H,37,40)(H,41,42)/t21-,24+,27?/m0/s1. The molecule has 0 spiro atoms. The van der Waals surface area contributed by atoms with Gasteiger partial charge in [-0.05, 0) is 60.7 Å². The number of benzene rings is 2. The Labute approximate surface area is 248 Å². The van der Waals surface area contributed by atoms with Crippen LogP contribution < -0.4 is 15.0 Å². The fourth-order valence-corrected chi connectivity index (χ4v) is 5.74. The lowest BCUT2D eigenvalue weighted by Gasteiger charge is -2.45. The van der Waals surface area contributed by atoms with Gasteiger partial charge < -0.3 is 24.8 Å². The SMILES string of the molecule is CC(C)(C)C1(C(=O)Nc2ccc(OC[C@@H]3CN(c4ccc(C#N)c(C(F)(F)F)c4)[C@@H](C(F)(F)F)O3)cc2)CCCN1C(=O)O. The number of hydrogen-bond donors (Lipinski definition) is 2. The van der Waals surface area contributed by atoms with Crippen LogP contribution in [0.15, 0.2) is 42.5 Å². The predicted molar refractivity (Wildman–Crippen MR) is 145 cm³/mol. The molecule has 2 amide bonds. The quantitative estimate of drug-likeness (QED) is 0.364. The Morgan fingerprint density at radius 3 is 2.32 bits per heavy atom. The number of carboxylic acid groups (broad SMARTS) is 1. The first-order valence-electron chi connectivity index (χ1n) is 13.5. The number of carbonyl (C=O) groups excluding carboxylic acids is 1. The predicted octanol–water partition coefficient (Wildman–Crippen LogP) is 6.25. The molecule has 9 nitrogen and oxygen atoms in total. The van der Waals surface area contributed by atoms with Gasteiger partial charge in [0.1, 0.15) is 24.0 Å². The molecular weight excluding hydrogens is 598 g/mol. The van der Waals surface area contributed by atoms with E-state index in [1.54, 1.807) is 20.8 Å². The topological polar surface area (TPSA) is 115 Å². The Morgan fingerprint density at radius 2 is 1.77 bits per heavy atom. The Balaban J connectivity index is 1.45. The zero-order valence-corrected chi connectivity index (χ0v) is 23.9. The number of likely N-dealkylation sites (tertiary alicyclic amines) is 1. The number of halogens is 6. The number of ether oxygens (including phenoxy) is 2. The number of alkyl halides is 6. The van der Waals surface area contributed by atoms with E-state index in [-0.39, 0.29) is 18.9 Å². The van der Waals surface area contributed by atoms with Crippen LogP contribution in [0.4, 0.5) is 42.5 Å². The number of amides is 2. The lowest BCUT2D eigenvalue weighted by atomic mass is 9.71. The first kappa shape index (κ1) is 32.7. The van der Waals surface area contributed by atoms with Gasteiger partial charge in [0.25, 0.3) is 5.91 Å². The molecule has 0 bridgehead atoms. The molecule has 0 aliphatic carbocycles. The summed E-state index contributed by atoms with van der Waals surface area (Å²) in [7, 11) is 0. The third kappa shape index (κ3) is 6.35. The van der Waals surface area contributed by atoms with Crippen molar-refractivity contribution in [2.24, 2.45) is 5.41 Å². The Morgan fingerprint density at radius 1 is 1.11 bits per heavy atom. The fourth-order valence-electron chi connectivity index (χ4n) is 5.74. The van der Waals surface area contributed by atoms with Crippen molar-refractivity contribution in [3.05, 3.63) is 53.6 Å². The van der Waals surface area contributed by atoms with Gasteiger partial charge in [0.2, 0.25) is 6.23 Å². The van der Waals surface area contributed by atoms with Crippen LogP contribution in [0.3, 0.4) is 0 Å². The Hall–Kier alpha value is -4.19. The van der Waals surface area contributed by atoms with Crippen LogP contribution in [0.25, 0.3) is 0 Å². The molecule has 2 saturated heterocycles. The first-order valence-corrected chi connectivity index (χ1v) is 13.5. The highest BCUT2D eigenvalue weighted by atomic mass is 19.4. The summed E-state index contributed by atoms with van der Waals surface area (Å²) in [5.74, 6) is -0.280. The molecule has 0 aromatic heterocycles. The van der Waals surface area contributed by atoms with Crippen LogP contribution in [0.2, 0.25) is 0 Å². The van der Waals surface area contributed by atoms with Crippen LogP contribution in [-0.4, -0.2) is 65.8 Å². The summed E-state index contributed by atoms with van der Waals surface area (Å²) in [5, 5.41) is 21.5. The van der Waals surface area contributed by atoms with Crippen molar-refractivity contribution >= 4 is 23.4 Å². The van der Waals surface area contributed by atoms with Crippen LogP contribution >= 0.6 is 0 Å². The van der Waals surface area contributed by atoms with Gasteiger partial charge in [-0.2, -0.15) is 31.6 Å². The summed E-state index contributed by atoms with van der Waals surface area (Å²) in [6.45, 7) is 4.76. The molecule has 2 fully saturated rings. The molecule has 2 heterocycles. The van der Waals surface area contributed by atoms with E-state index in [4.69, 9.17) is 14.7 Å². The zero-order valence-electron chi connectivity index (χ0n) is 23.9. The van der Waals surface area contributed by atoms with Gasteiger partial charge in [0.15, 0.2) is 0 Å². The van der Waals surface area contributed by atoms with E-state index in [2.05, 4.69) is 5.32 Å². The second kappa shape index (κ2) is 11.7. The number of nitrogens with one attached hydrogen (secondary N) is 1. The first-order chi connectivity index (χ1) is 20.4. The van der Waals surface area contributed by atoms with E-state index in [0.29, 0.717) is 29.5 Å². The minimum absolute atomic E-state index is 0.213. The van der Waals surface area contributed by atoms with Gasteiger partial charge in [0.05, 0.1) is 23.7 Å². The van der Waals surface area contributed by atoms with E-state index in [9.17, 15) is 41.0 Å². The lowest BCUT2D eigenvalue weighted by molar-refractivity contribution is -0.215. The van der Waals surface area contributed by atoms with Crippen molar-refractivity contribution in [1.29, 1.82) is 5.26 Å². The highest BCUT2D eigenvalue weighted by Gasteiger charge is 2.57. The monoisotopic (exact) mass is 628 g/mol. The molecule has 15 heteroatoms. The molecule has 2 aromatic rings. The number of rotatable bonds is 6. The second-order valence-corrected chi connectivity index (χ2v) is 11.6. The molecule has 0 saturated carbocycles. The summed E-state index contributed by atoms with van der Waals surface area (Å²) in [5.41, 5.74) is -4.18. The molecule has 0 radical (unpaired) electrons. The van der Waals surface area contributed by atoms with Gasteiger partial charge in [0, 0.05) is 17.9 Å². The fraction of sp³-hybridized carbons (Fsp3) is 0.483. The van der Waals surface area contributed by atoms with Crippen LogP contribution in [0, 0.1) is 16.7 Å². The van der Waals surface area contributed by atoms with Crippen molar-refractivity contribution < 1.29 is 50.5 Å². The third-order valence-electron chi connectivity index (χ3n) is 7.82. The maximum absolute atomic E-state index is 13.8. The third-order valence-corrected chi connectivity index (χ3v) is 7.82. The average Bonchev–Trinajstić information content (AvgIpc) is 3.58. The summed E-state index contributed by atoms with van der Waals surface area (Å²) >= 11 is 0. The lowest BCUT2D eigenvalue weighted by Crippen LogP contribution is -2.62. The van der Waals surface area contributed by atoms with Crippen molar-refractivity contribution in [2.45, 2.75) is 63.8 Å². The summed E-state index contributed by atoms with van der Waals surface area (Å²) in [4.78, 5) is 27.1. The van der Waals surface area contributed by atoms with E-state index in [1.807, 2.05) is 0 Å². The molecule has 2 aliphatic heterocycles. The molecule has 2 N–H and O–H groups in total. The molecule has 2 aliphatic rings. The maximum Gasteiger partial charge on any atom is 0.433 e.